The van der Waals surface area contributed by atoms with Crippen molar-refractivity contribution in [1.82, 2.24) is 4.98 Å². The minimum atomic E-state index is 0.239. The maximum atomic E-state index is 8.80. The molecule has 1 heterocycles. The molecular weight excluding hydrogens is 198 g/mol. The molecule has 0 aliphatic heterocycles. The first-order valence-corrected chi connectivity index (χ1v) is 5.51. The normalized spacial score (nSPS) is 10.3. The van der Waals surface area contributed by atoms with E-state index in [9.17, 15) is 0 Å². The lowest BCUT2D eigenvalue weighted by atomic mass is 10.1. The Hall–Kier alpha value is -1.67. The highest BCUT2D eigenvalue weighted by molar-refractivity contribution is 5.59. The van der Waals surface area contributed by atoms with Gasteiger partial charge in [0.25, 0.3) is 0 Å². The molecule has 1 aromatic heterocycles. The summed E-state index contributed by atoms with van der Waals surface area (Å²) in [7, 11) is 0. The highest BCUT2D eigenvalue weighted by Gasteiger charge is 1.99. The average molecular weight is 213 g/mol. The molecule has 1 aromatic carbocycles. The Morgan fingerprint density at radius 2 is 1.88 bits per heavy atom. The van der Waals surface area contributed by atoms with Crippen LogP contribution in [-0.2, 0) is 6.42 Å². The van der Waals surface area contributed by atoms with E-state index >= 15 is 0 Å². The zero-order valence-corrected chi connectivity index (χ0v) is 9.13. The van der Waals surface area contributed by atoms with Crippen LogP contribution in [0.1, 0.15) is 12.0 Å². The number of pyridine rings is 1. The highest BCUT2D eigenvalue weighted by atomic mass is 16.2. The van der Waals surface area contributed by atoms with E-state index in [1.165, 1.54) is 5.56 Å². The molecule has 2 aromatic rings. The maximum Gasteiger partial charge on any atom is 0.0704 e. The fourth-order valence-corrected chi connectivity index (χ4v) is 1.68. The van der Waals surface area contributed by atoms with Crippen molar-refractivity contribution in [2.24, 2.45) is 0 Å². The Kier molecular flexibility index (Phi) is 3.67. The first kappa shape index (κ1) is 10.8. The van der Waals surface area contributed by atoms with Crippen molar-refractivity contribution in [1.29, 1.82) is 0 Å². The van der Waals surface area contributed by atoms with Crippen LogP contribution in [0.4, 0.5) is 0 Å². The molecule has 0 fully saturated rings. The first-order valence-electron chi connectivity index (χ1n) is 5.51. The van der Waals surface area contributed by atoms with E-state index in [1.54, 1.807) is 0 Å². The summed E-state index contributed by atoms with van der Waals surface area (Å²) in [6, 6.07) is 14.2. The summed E-state index contributed by atoms with van der Waals surface area (Å²) in [4.78, 5) is 4.36. The van der Waals surface area contributed by atoms with Crippen LogP contribution in [0.2, 0.25) is 0 Å². The lowest BCUT2D eigenvalue weighted by Gasteiger charge is -2.03. The molecule has 2 heteroatoms. The van der Waals surface area contributed by atoms with E-state index in [2.05, 4.69) is 23.2 Å². The van der Waals surface area contributed by atoms with Gasteiger partial charge in [-0.2, -0.15) is 0 Å². The van der Waals surface area contributed by atoms with E-state index < -0.39 is 0 Å². The van der Waals surface area contributed by atoms with Crippen LogP contribution >= 0.6 is 0 Å². The molecule has 2 rings (SSSR count). The molecule has 1 N–H and O–H groups in total. The number of aliphatic hydroxyl groups is 1. The number of hydrogen-bond donors (Lipinski definition) is 1. The first-order chi connectivity index (χ1) is 7.90. The van der Waals surface area contributed by atoms with Crippen LogP contribution < -0.4 is 0 Å². The van der Waals surface area contributed by atoms with Crippen molar-refractivity contribution < 1.29 is 5.11 Å². The largest absolute Gasteiger partial charge is 0.396 e. The standard InChI is InChI=1S/C14H15NO/c16-10-4-5-12-8-9-15-14(11-12)13-6-2-1-3-7-13/h1-3,6-9,11,16H,4-5,10H2. The molecule has 0 unspecified atom stereocenters. The Morgan fingerprint density at radius 1 is 1.06 bits per heavy atom. The molecule has 0 saturated carbocycles. The van der Waals surface area contributed by atoms with Crippen LogP contribution in [0, 0.1) is 0 Å². The monoisotopic (exact) mass is 213 g/mol. The third kappa shape index (κ3) is 2.67. The number of aryl methyl sites for hydroxylation is 1. The average Bonchev–Trinajstić information content (AvgIpc) is 2.38. The lowest BCUT2D eigenvalue weighted by molar-refractivity contribution is 0.288. The third-order valence-electron chi connectivity index (χ3n) is 2.52. The quantitative estimate of drug-likeness (QED) is 0.847. The molecule has 0 saturated heterocycles. The second-order valence-electron chi connectivity index (χ2n) is 3.74. The summed E-state index contributed by atoms with van der Waals surface area (Å²) in [5, 5.41) is 8.80. The van der Waals surface area contributed by atoms with E-state index in [0.717, 1.165) is 24.1 Å². The molecule has 0 aliphatic carbocycles. The zero-order valence-electron chi connectivity index (χ0n) is 9.13. The molecule has 0 aliphatic rings. The minimum absolute atomic E-state index is 0.239. The SMILES string of the molecule is OCCCc1ccnc(-c2ccccc2)c1. The summed E-state index contributed by atoms with van der Waals surface area (Å²) >= 11 is 0. The lowest BCUT2D eigenvalue weighted by Crippen LogP contribution is -1.91. The molecule has 82 valence electrons. The van der Waals surface area contributed by atoms with Gasteiger partial charge in [-0.3, -0.25) is 4.98 Å². The predicted octanol–water partition coefficient (Wildman–Crippen LogP) is 2.67. The molecule has 0 bridgehead atoms. The minimum Gasteiger partial charge on any atom is -0.396 e. The van der Waals surface area contributed by atoms with E-state index in [4.69, 9.17) is 5.11 Å². The maximum absolute atomic E-state index is 8.80. The number of aromatic nitrogens is 1. The number of hydrogen-bond acceptors (Lipinski definition) is 2. The topological polar surface area (TPSA) is 33.1 Å². The van der Waals surface area contributed by atoms with E-state index in [-0.39, 0.29) is 6.61 Å². The molecule has 0 spiro atoms. The van der Waals surface area contributed by atoms with Crippen molar-refractivity contribution in [2.75, 3.05) is 6.61 Å². The van der Waals surface area contributed by atoms with Gasteiger partial charge in [-0.05, 0) is 30.5 Å². The van der Waals surface area contributed by atoms with Crippen LogP contribution in [-0.4, -0.2) is 16.7 Å². The van der Waals surface area contributed by atoms with E-state index in [0.29, 0.717) is 0 Å². The van der Waals surface area contributed by atoms with Gasteiger partial charge in [0.2, 0.25) is 0 Å². The van der Waals surface area contributed by atoms with Crippen LogP contribution in [0.15, 0.2) is 48.7 Å². The van der Waals surface area contributed by atoms with Gasteiger partial charge in [0.1, 0.15) is 0 Å². The summed E-state index contributed by atoms with van der Waals surface area (Å²) in [6.07, 6.45) is 3.53. The molecule has 0 atom stereocenters. The fourth-order valence-electron chi connectivity index (χ4n) is 1.68. The summed E-state index contributed by atoms with van der Waals surface area (Å²) < 4.78 is 0. The van der Waals surface area contributed by atoms with Crippen LogP contribution in [0.25, 0.3) is 11.3 Å². The van der Waals surface area contributed by atoms with Crippen molar-refractivity contribution in [3.8, 4) is 11.3 Å². The molecular formula is C14H15NO. The molecule has 0 radical (unpaired) electrons. The number of rotatable bonds is 4. The Balaban J connectivity index is 2.22. The van der Waals surface area contributed by atoms with Gasteiger partial charge >= 0.3 is 0 Å². The predicted molar refractivity (Wildman–Crippen MR) is 65.1 cm³/mol. The summed E-state index contributed by atoms with van der Waals surface area (Å²) in [5.41, 5.74) is 3.35. The summed E-state index contributed by atoms with van der Waals surface area (Å²) in [6.45, 7) is 0.239. The molecule has 0 amide bonds. The van der Waals surface area contributed by atoms with Gasteiger partial charge in [-0.25, -0.2) is 0 Å². The van der Waals surface area contributed by atoms with Gasteiger partial charge in [0, 0.05) is 18.4 Å². The van der Waals surface area contributed by atoms with Crippen LogP contribution in [0.5, 0.6) is 0 Å². The van der Waals surface area contributed by atoms with E-state index in [1.807, 2.05) is 30.5 Å². The van der Waals surface area contributed by atoms with Gasteiger partial charge in [0.05, 0.1) is 5.69 Å². The molecule has 2 nitrogen and oxygen atoms in total. The number of aliphatic hydroxyl groups excluding tert-OH is 1. The van der Waals surface area contributed by atoms with Gasteiger partial charge in [-0.15, -0.1) is 0 Å². The third-order valence-corrected chi connectivity index (χ3v) is 2.52. The van der Waals surface area contributed by atoms with Crippen molar-refractivity contribution in [3.05, 3.63) is 54.2 Å². The van der Waals surface area contributed by atoms with Gasteiger partial charge < -0.3 is 5.11 Å². The number of benzene rings is 1. The number of nitrogens with zero attached hydrogens (tertiary/aromatic N) is 1. The Labute approximate surface area is 95.6 Å². The van der Waals surface area contributed by atoms with Gasteiger partial charge in [-0.1, -0.05) is 30.3 Å². The molecule has 16 heavy (non-hydrogen) atoms. The Bertz CT molecular complexity index is 439. The fraction of sp³-hybridized carbons (Fsp3) is 0.214. The van der Waals surface area contributed by atoms with Crippen LogP contribution in [0.3, 0.4) is 0 Å². The second-order valence-corrected chi connectivity index (χ2v) is 3.74. The van der Waals surface area contributed by atoms with Crippen molar-refractivity contribution >= 4 is 0 Å². The smallest absolute Gasteiger partial charge is 0.0704 e. The highest BCUT2D eigenvalue weighted by Crippen LogP contribution is 2.17. The zero-order chi connectivity index (χ0) is 11.2. The Morgan fingerprint density at radius 3 is 2.62 bits per heavy atom. The van der Waals surface area contributed by atoms with Crippen molar-refractivity contribution in [3.63, 3.8) is 0 Å². The van der Waals surface area contributed by atoms with Gasteiger partial charge in [0.15, 0.2) is 0 Å². The second kappa shape index (κ2) is 5.42. The summed E-state index contributed by atoms with van der Waals surface area (Å²) in [5.74, 6) is 0. The van der Waals surface area contributed by atoms with Crippen molar-refractivity contribution in [2.45, 2.75) is 12.8 Å².